The molecule has 0 unspecified atom stereocenters. The normalized spacial score (nSPS) is 23.5. The zero-order valence-electron chi connectivity index (χ0n) is 32.6. The largest absolute Gasteiger partial charge is 0.368 e. The summed E-state index contributed by atoms with van der Waals surface area (Å²) in [6, 6.07) is 16.2. The molecular formula is C42H47N13O2. The molecule has 2 saturated heterocycles. The summed E-state index contributed by atoms with van der Waals surface area (Å²) >= 11 is 0. The van der Waals surface area contributed by atoms with Gasteiger partial charge in [-0.1, -0.05) is 17.3 Å². The maximum Gasteiger partial charge on any atom is 0.236 e. The summed E-state index contributed by atoms with van der Waals surface area (Å²) in [5, 5.41) is 38.9. The molecule has 15 nitrogen and oxygen atoms in total. The molecule has 3 fully saturated rings. The summed E-state index contributed by atoms with van der Waals surface area (Å²) in [4.78, 5) is 38.5. The van der Waals surface area contributed by atoms with E-state index in [1.807, 2.05) is 19.2 Å². The number of rotatable bonds is 10. The molecule has 0 bridgehead atoms. The first-order valence-corrected chi connectivity index (χ1v) is 19.9. The Kier molecular flexibility index (Phi) is 10.4. The summed E-state index contributed by atoms with van der Waals surface area (Å²) in [6.07, 6.45) is 13.4. The van der Waals surface area contributed by atoms with Crippen molar-refractivity contribution in [2.45, 2.75) is 89.1 Å². The third-order valence-corrected chi connectivity index (χ3v) is 12.2. The number of anilines is 2. The molecule has 0 radical (unpaired) electrons. The van der Waals surface area contributed by atoms with E-state index < -0.39 is 11.5 Å². The summed E-state index contributed by atoms with van der Waals surface area (Å²) in [5.74, 6) is 1.14. The molecule has 8 rings (SSSR count). The number of hydrogen-bond donors (Lipinski definition) is 2. The first kappa shape index (κ1) is 37.7. The standard InChI is InChI=1S/C42H47N13O2/c1-27(20-43)48-35-19-38(55-40-32(23-47-55)18-30(21-44)22-46-40)45-24-37(35)54-26-36(50-51-54)31-6-4-29(5-7-31)13-15-52-16-17-53(28(2)25-52)34-10-8-33(9-11-34)42(3)14-12-39(56)49-41(42)57/h8-11,18-19,22-24,26-29,31H,4-7,12-17,25H2,1-3H3,(H,45,48)(H,49,56,57)/t27-,28-,29?,31?,42-/m1/s1. The highest BCUT2D eigenvalue weighted by molar-refractivity contribution is 6.03. The van der Waals surface area contributed by atoms with Gasteiger partial charge in [0.05, 0.1) is 47.0 Å². The molecule has 15 heteroatoms. The monoisotopic (exact) mass is 765 g/mol. The van der Waals surface area contributed by atoms with E-state index in [9.17, 15) is 20.1 Å². The second-order valence-electron chi connectivity index (χ2n) is 16.1. The molecule has 2 aliphatic heterocycles. The lowest BCUT2D eigenvalue weighted by molar-refractivity contribution is -0.137. The van der Waals surface area contributed by atoms with Gasteiger partial charge in [-0.25, -0.2) is 14.6 Å². The van der Waals surface area contributed by atoms with Crippen LogP contribution in [0.15, 0.2) is 61.2 Å². The van der Waals surface area contributed by atoms with Crippen molar-refractivity contribution in [3.63, 3.8) is 0 Å². The van der Waals surface area contributed by atoms with E-state index >= 15 is 0 Å². The molecule has 292 valence electrons. The number of imide groups is 1. The van der Waals surface area contributed by atoms with Gasteiger partial charge >= 0.3 is 0 Å². The predicted molar refractivity (Wildman–Crippen MR) is 214 cm³/mol. The molecule has 5 aromatic rings. The average Bonchev–Trinajstić information content (AvgIpc) is 3.90. The zero-order valence-corrected chi connectivity index (χ0v) is 32.6. The molecule has 1 saturated carbocycles. The number of carbonyl (C=O) groups is 2. The van der Waals surface area contributed by atoms with Crippen molar-refractivity contribution in [3.05, 3.63) is 78.0 Å². The van der Waals surface area contributed by atoms with Gasteiger partial charge in [-0.15, -0.1) is 5.10 Å². The van der Waals surface area contributed by atoms with Crippen LogP contribution in [0.25, 0.3) is 22.5 Å². The van der Waals surface area contributed by atoms with Crippen molar-refractivity contribution in [2.75, 3.05) is 36.4 Å². The first-order chi connectivity index (χ1) is 27.6. The third-order valence-electron chi connectivity index (χ3n) is 12.2. The molecular weight excluding hydrogens is 719 g/mol. The Balaban J connectivity index is 0.849. The lowest BCUT2D eigenvalue weighted by atomic mass is 9.75. The smallest absolute Gasteiger partial charge is 0.236 e. The number of fused-ring (bicyclic) bond motifs is 1. The number of nitrogens with one attached hydrogen (secondary N) is 2. The minimum Gasteiger partial charge on any atom is -0.368 e. The van der Waals surface area contributed by atoms with Gasteiger partial charge in [-0.3, -0.25) is 19.8 Å². The van der Waals surface area contributed by atoms with Crippen LogP contribution in [-0.4, -0.2) is 89.7 Å². The van der Waals surface area contributed by atoms with Crippen molar-refractivity contribution in [2.24, 2.45) is 5.92 Å². The predicted octanol–water partition coefficient (Wildman–Crippen LogP) is 5.16. The van der Waals surface area contributed by atoms with Gasteiger partial charge in [-0.2, -0.15) is 20.3 Å². The number of nitriles is 2. The van der Waals surface area contributed by atoms with Crippen LogP contribution in [-0.2, 0) is 15.0 Å². The molecule has 0 spiro atoms. The van der Waals surface area contributed by atoms with Gasteiger partial charge < -0.3 is 10.2 Å². The maximum absolute atomic E-state index is 12.7. The molecule has 6 heterocycles. The van der Waals surface area contributed by atoms with Crippen LogP contribution < -0.4 is 15.5 Å². The zero-order chi connectivity index (χ0) is 39.7. The van der Waals surface area contributed by atoms with Crippen LogP contribution in [0.3, 0.4) is 0 Å². The van der Waals surface area contributed by atoms with E-state index in [4.69, 9.17) is 0 Å². The van der Waals surface area contributed by atoms with Crippen molar-refractivity contribution in [3.8, 4) is 23.6 Å². The Morgan fingerprint density at radius 1 is 1.04 bits per heavy atom. The minimum atomic E-state index is -0.678. The highest BCUT2D eigenvalue weighted by Crippen LogP contribution is 2.38. The van der Waals surface area contributed by atoms with E-state index in [-0.39, 0.29) is 11.8 Å². The van der Waals surface area contributed by atoms with Gasteiger partial charge in [0.15, 0.2) is 11.5 Å². The number of pyridine rings is 2. The Morgan fingerprint density at radius 3 is 2.58 bits per heavy atom. The number of carbonyl (C=O) groups excluding carboxylic acids is 2. The van der Waals surface area contributed by atoms with Crippen LogP contribution in [0.5, 0.6) is 0 Å². The van der Waals surface area contributed by atoms with Crippen LogP contribution in [0.4, 0.5) is 11.4 Å². The van der Waals surface area contributed by atoms with Crippen molar-refractivity contribution in [1.29, 1.82) is 10.5 Å². The summed E-state index contributed by atoms with van der Waals surface area (Å²) < 4.78 is 3.35. The van der Waals surface area contributed by atoms with Gasteiger partial charge in [-0.05, 0) is 95.5 Å². The minimum absolute atomic E-state index is 0.193. The van der Waals surface area contributed by atoms with E-state index in [1.165, 1.54) is 18.3 Å². The number of benzene rings is 1. The van der Waals surface area contributed by atoms with Gasteiger partial charge in [0, 0.05) is 61.4 Å². The molecule has 57 heavy (non-hydrogen) atoms. The molecule has 4 aromatic heterocycles. The van der Waals surface area contributed by atoms with Crippen molar-refractivity contribution < 1.29 is 9.59 Å². The van der Waals surface area contributed by atoms with Crippen LogP contribution in [0.1, 0.15) is 88.5 Å². The Bertz CT molecular complexity index is 2370. The molecule has 1 aromatic carbocycles. The van der Waals surface area contributed by atoms with Crippen LogP contribution in [0, 0.1) is 28.6 Å². The highest BCUT2D eigenvalue weighted by atomic mass is 16.2. The number of piperazine rings is 1. The summed E-state index contributed by atoms with van der Waals surface area (Å²) in [5.41, 5.74) is 4.79. The van der Waals surface area contributed by atoms with E-state index in [1.54, 1.807) is 34.7 Å². The second kappa shape index (κ2) is 15.7. The van der Waals surface area contributed by atoms with E-state index in [0.29, 0.717) is 59.1 Å². The fourth-order valence-corrected chi connectivity index (χ4v) is 8.68. The number of nitrogens with zero attached hydrogens (tertiary/aromatic N) is 11. The second-order valence-corrected chi connectivity index (χ2v) is 16.1. The fraction of sp³-hybridized carbons (Fsp3) is 0.452. The SMILES string of the molecule is C[C@H](C#N)Nc1cc(-n2ncc3cc(C#N)cnc32)ncc1-n1cc(C2CCC(CCN3CCN(c4ccc([C@@]5(C)CCC(=O)NC5=O)cc4)[C@H](C)C3)CC2)nn1. The molecule has 3 aliphatic rings. The topological polar surface area (TPSA) is 187 Å². The number of hydrogen-bond acceptors (Lipinski definition) is 12. The molecule has 3 atom stereocenters. The fourth-order valence-electron chi connectivity index (χ4n) is 8.68. The quantitative estimate of drug-likeness (QED) is 0.178. The molecule has 1 aliphatic carbocycles. The van der Waals surface area contributed by atoms with Crippen molar-refractivity contribution in [1.82, 2.24) is 45.0 Å². The summed E-state index contributed by atoms with van der Waals surface area (Å²) in [6.45, 7) is 10.1. The number of piperidine rings is 1. The Labute approximate surface area is 331 Å². The number of amides is 2. The van der Waals surface area contributed by atoms with E-state index in [2.05, 4.69) is 89.1 Å². The van der Waals surface area contributed by atoms with Crippen LogP contribution in [0.2, 0.25) is 0 Å². The Morgan fingerprint density at radius 2 is 1.84 bits per heavy atom. The van der Waals surface area contributed by atoms with Gasteiger partial charge in [0.1, 0.15) is 17.8 Å². The lowest BCUT2D eigenvalue weighted by Crippen LogP contribution is -2.52. The molecule has 2 N–H and O–H groups in total. The number of aromatic nitrogens is 7. The third kappa shape index (κ3) is 7.67. The molecule has 2 amide bonds. The Hall–Kier alpha value is -6.19. The lowest BCUT2D eigenvalue weighted by Gasteiger charge is -2.42. The summed E-state index contributed by atoms with van der Waals surface area (Å²) in [7, 11) is 0. The van der Waals surface area contributed by atoms with Crippen LogP contribution >= 0.6 is 0 Å². The average molecular weight is 766 g/mol. The van der Waals surface area contributed by atoms with Gasteiger partial charge in [0.25, 0.3) is 0 Å². The van der Waals surface area contributed by atoms with Crippen molar-refractivity contribution >= 4 is 34.2 Å². The maximum atomic E-state index is 12.7. The van der Waals surface area contributed by atoms with Gasteiger partial charge in [0.2, 0.25) is 11.8 Å². The highest BCUT2D eigenvalue weighted by Gasteiger charge is 2.40. The first-order valence-electron chi connectivity index (χ1n) is 19.9. The van der Waals surface area contributed by atoms with E-state index in [0.717, 1.165) is 68.5 Å².